The van der Waals surface area contributed by atoms with Crippen LogP contribution in [0.2, 0.25) is 0 Å². The van der Waals surface area contributed by atoms with Crippen molar-refractivity contribution in [3.63, 3.8) is 0 Å². The van der Waals surface area contributed by atoms with E-state index in [1.807, 2.05) is 0 Å². The molecule has 2 amide bonds. The Balaban J connectivity index is 1.91. The van der Waals surface area contributed by atoms with E-state index in [1.54, 1.807) is 6.92 Å². The number of carbonyl (C=O) groups excluding carboxylic acids is 2. The van der Waals surface area contributed by atoms with Gasteiger partial charge in [-0.05, 0) is 60.1 Å². The highest BCUT2D eigenvalue weighted by Gasteiger charge is 2.35. The van der Waals surface area contributed by atoms with Gasteiger partial charge in [0.1, 0.15) is 17.3 Å². The zero-order chi connectivity index (χ0) is 22.9. The average Bonchev–Trinajstić information content (AvgIpc) is 2.94. The molecule has 0 radical (unpaired) electrons. The van der Waals surface area contributed by atoms with Gasteiger partial charge >= 0.3 is 6.18 Å². The van der Waals surface area contributed by atoms with Crippen molar-refractivity contribution < 1.29 is 31.6 Å². The number of furan rings is 1. The molecule has 5 nitrogen and oxygen atoms in total. The zero-order valence-electron chi connectivity index (χ0n) is 16.2. The van der Waals surface area contributed by atoms with Crippen molar-refractivity contribution in [2.45, 2.75) is 20.0 Å². The number of alkyl halides is 3. The first-order chi connectivity index (χ1) is 14.5. The lowest BCUT2D eigenvalue weighted by Crippen LogP contribution is -2.18. The Labute approximate surface area is 182 Å². The first kappa shape index (κ1) is 22.5. The molecule has 3 aromatic rings. The van der Waals surface area contributed by atoms with Crippen LogP contribution in [-0.4, -0.2) is 11.8 Å². The fourth-order valence-corrected chi connectivity index (χ4v) is 3.45. The first-order valence-corrected chi connectivity index (χ1v) is 9.62. The van der Waals surface area contributed by atoms with Gasteiger partial charge in [-0.1, -0.05) is 12.1 Å². The van der Waals surface area contributed by atoms with Crippen LogP contribution in [0.1, 0.15) is 37.8 Å². The fourth-order valence-electron chi connectivity index (χ4n) is 2.91. The van der Waals surface area contributed by atoms with Gasteiger partial charge in [-0.25, -0.2) is 4.39 Å². The molecule has 0 spiro atoms. The Bertz CT molecular complexity index is 1170. The van der Waals surface area contributed by atoms with Crippen LogP contribution in [0.15, 0.2) is 51.4 Å². The van der Waals surface area contributed by atoms with Crippen molar-refractivity contribution in [2.24, 2.45) is 0 Å². The van der Waals surface area contributed by atoms with E-state index in [9.17, 15) is 27.2 Å². The van der Waals surface area contributed by atoms with E-state index in [-0.39, 0.29) is 22.6 Å². The van der Waals surface area contributed by atoms with Gasteiger partial charge in [0.25, 0.3) is 11.8 Å². The predicted molar refractivity (Wildman–Crippen MR) is 110 cm³/mol. The van der Waals surface area contributed by atoms with Crippen LogP contribution < -0.4 is 10.6 Å². The third kappa shape index (κ3) is 4.79. The maximum absolute atomic E-state index is 13.7. The van der Waals surface area contributed by atoms with Crippen LogP contribution in [0.4, 0.5) is 28.9 Å². The summed E-state index contributed by atoms with van der Waals surface area (Å²) in [6, 6.07) is 7.92. The third-order valence-corrected chi connectivity index (χ3v) is 5.32. The molecule has 0 saturated heterocycles. The highest BCUT2D eigenvalue weighted by molar-refractivity contribution is 9.10. The van der Waals surface area contributed by atoms with Gasteiger partial charge in [0.2, 0.25) is 0 Å². The van der Waals surface area contributed by atoms with E-state index in [0.717, 1.165) is 12.1 Å². The van der Waals surface area contributed by atoms with E-state index < -0.39 is 35.1 Å². The van der Waals surface area contributed by atoms with Crippen molar-refractivity contribution in [3.8, 4) is 0 Å². The lowest BCUT2D eigenvalue weighted by atomic mass is 10.1. The van der Waals surface area contributed by atoms with Gasteiger partial charge in [-0.15, -0.1) is 0 Å². The van der Waals surface area contributed by atoms with Gasteiger partial charge in [-0.2, -0.15) is 13.2 Å². The number of rotatable bonds is 4. The number of nitrogens with one attached hydrogen (secondary N) is 2. The van der Waals surface area contributed by atoms with Crippen molar-refractivity contribution in [1.82, 2.24) is 0 Å². The number of benzene rings is 2. The van der Waals surface area contributed by atoms with Gasteiger partial charge in [0, 0.05) is 5.69 Å². The van der Waals surface area contributed by atoms with Crippen LogP contribution in [0.25, 0.3) is 0 Å². The summed E-state index contributed by atoms with van der Waals surface area (Å²) in [5.41, 5.74) is -2.14. The summed E-state index contributed by atoms with van der Waals surface area (Å²) in [6.07, 6.45) is -4.83. The number of carbonyl (C=O) groups is 2. The molecule has 0 aliphatic carbocycles. The Morgan fingerprint density at radius 3 is 2.23 bits per heavy atom. The minimum Gasteiger partial charge on any atom is -0.465 e. The van der Waals surface area contributed by atoms with Gasteiger partial charge in [0.15, 0.2) is 0 Å². The second-order valence-corrected chi connectivity index (χ2v) is 7.34. The summed E-state index contributed by atoms with van der Waals surface area (Å²) in [5, 5.41) is 4.46. The molecule has 0 fully saturated rings. The molecule has 1 heterocycles. The number of aryl methyl sites for hydroxylation is 2. The Kier molecular flexibility index (Phi) is 6.21. The van der Waals surface area contributed by atoms with E-state index in [1.165, 1.54) is 31.2 Å². The SMILES string of the molecule is Cc1oc(C)c(C(=O)Nc2ccc(NC(=O)c3ccccc3F)cc2C(F)(F)F)c1Br. The lowest BCUT2D eigenvalue weighted by molar-refractivity contribution is -0.136. The second-order valence-electron chi connectivity index (χ2n) is 6.55. The van der Waals surface area contributed by atoms with Crippen LogP contribution in [0.5, 0.6) is 0 Å². The number of halogens is 5. The molecule has 162 valence electrons. The average molecular weight is 499 g/mol. The number of hydrogen-bond acceptors (Lipinski definition) is 3. The van der Waals surface area contributed by atoms with Crippen molar-refractivity contribution in [1.29, 1.82) is 0 Å². The molecule has 0 unspecified atom stereocenters. The van der Waals surface area contributed by atoms with Crippen LogP contribution in [0.3, 0.4) is 0 Å². The van der Waals surface area contributed by atoms with E-state index in [4.69, 9.17) is 4.42 Å². The first-order valence-electron chi connectivity index (χ1n) is 8.83. The number of hydrogen-bond donors (Lipinski definition) is 2. The summed E-state index contributed by atoms with van der Waals surface area (Å²) in [7, 11) is 0. The maximum Gasteiger partial charge on any atom is 0.418 e. The smallest absolute Gasteiger partial charge is 0.418 e. The van der Waals surface area contributed by atoms with Crippen LogP contribution in [-0.2, 0) is 6.18 Å². The monoisotopic (exact) mass is 498 g/mol. The summed E-state index contributed by atoms with van der Waals surface area (Å²) >= 11 is 3.18. The molecule has 1 aromatic heterocycles. The van der Waals surface area contributed by atoms with E-state index in [0.29, 0.717) is 16.3 Å². The highest BCUT2D eigenvalue weighted by Crippen LogP contribution is 2.37. The van der Waals surface area contributed by atoms with Crippen molar-refractivity contribution in [2.75, 3.05) is 10.6 Å². The molecular formula is C21H15BrF4N2O3. The second kappa shape index (κ2) is 8.54. The van der Waals surface area contributed by atoms with Gasteiger partial charge in [0.05, 0.1) is 26.9 Å². The van der Waals surface area contributed by atoms with Gasteiger partial charge < -0.3 is 15.1 Å². The normalized spacial score (nSPS) is 11.3. The Morgan fingerprint density at radius 1 is 0.968 bits per heavy atom. The van der Waals surface area contributed by atoms with E-state index >= 15 is 0 Å². The van der Waals surface area contributed by atoms with Crippen LogP contribution in [0, 0.1) is 19.7 Å². The maximum atomic E-state index is 13.7. The quantitative estimate of drug-likeness (QED) is 0.413. The highest BCUT2D eigenvalue weighted by atomic mass is 79.9. The molecule has 0 aliphatic rings. The summed E-state index contributed by atoms with van der Waals surface area (Å²) in [4.78, 5) is 24.8. The molecule has 3 rings (SSSR count). The van der Waals surface area contributed by atoms with E-state index in [2.05, 4.69) is 26.6 Å². The lowest BCUT2D eigenvalue weighted by Gasteiger charge is -2.16. The number of anilines is 2. The predicted octanol–water partition coefficient (Wildman–Crippen LogP) is 6.32. The Morgan fingerprint density at radius 2 is 1.65 bits per heavy atom. The molecule has 31 heavy (non-hydrogen) atoms. The zero-order valence-corrected chi connectivity index (χ0v) is 17.7. The minimum absolute atomic E-state index is 0.0718. The summed E-state index contributed by atoms with van der Waals surface area (Å²) in [5.74, 6) is -1.86. The molecule has 10 heteroatoms. The van der Waals surface area contributed by atoms with Crippen molar-refractivity contribution in [3.05, 3.63) is 81.0 Å². The fraction of sp³-hybridized carbons (Fsp3) is 0.143. The molecule has 2 aromatic carbocycles. The molecular weight excluding hydrogens is 484 g/mol. The standard InChI is InChI=1S/C21H15BrF4N2O3/c1-10-17(18(22)11(2)31-10)20(30)28-16-8-7-12(9-14(16)21(24,25)26)27-19(29)13-5-3-4-6-15(13)23/h3-9H,1-2H3,(H,27,29)(H,28,30). The molecule has 0 aliphatic heterocycles. The summed E-state index contributed by atoms with van der Waals surface area (Å²) in [6.45, 7) is 3.11. The van der Waals surface area contributed by atoms with Crippen molar-refractivity contribution >= 4 is 39.1 Å². The molecule has 2 N–H and O–H groups in total. The molecule has 0 bridgehead atoms. The summed E-state index contributed by atoms with van der Waals surface area (Å²) < 4.78 is 60.2. The number of amides is 2. The van der Waals surface area contributed by atoms with Crippen LogP contribution >= 0.6 is 15.9 Å². The topological polar surface area (TPSA) is 71.3 Å². The largest absolute Gasteiger partial charge is 0.465 e. The Hall–Kier alpha value is -3.14. The third-order valence-electron chi connectivity index (χ3n) is 4.36. The van der Waals surface area contributed by atoms with Gasteiger partial charge in [-0.3, -0.25) is 9.59 Å². The molecule has 0 atom stereocenters. The molecule has 0 saturated carbocycles. The minimum atomic E-state index is -4.83.